The molecule has 4 nitrogen and oxygen atoms in total. The van der Waals surface area contributed by atoms with Gasteiger partial charge in [-0.3, -0.25) is 4.79 Å². The predicted molar refractivity (Wildman–Crippen MR) is 87.6 cm³/mol. The normalized spacial score (nSPS) is 14.8. The number of hydrogen-bond donors (Lipinski definition) is 0. The Morgan fingerprint density at radius 3 is 2.23 bits per heavy atom. The minimum atomic E-state index is 0.0464. The highest BCUT2D eigenvalue weighted by Gasteiger charge is 2.24. The summed E-state index contributed by atoms with van der Waals surface area (Å²) in [6.45, 7) is 3.16. The smallest absolute Gasteiger partial charge is 0.257 e. The lowest BCUT2D eigenvalue weighted by atomic mass is 10.1. The van der Waals surface area contributed by atoms with Crippen LogP contribution in [0.15, 0.2) is 54.6 Å². The molecule has 1 fully saturated rings. The number of nitrogens with zero attached hydrogens (tertiary/aromatic N) is 2. The van der Waals surface area contributed by atoms with Crippen LogP contribution in [0.2, 0.25) is 0 Å². The van der Waals surface area contributed by atoms with Crippen LogP contribution < -0.4 is 9.64 Å². The van der Waals surface area contributed by atoms with Crippen molar-refractivity contribution in [2.24, 2.45) is 0 Å². The van der Waals surface area contributed by atoms with E-state index in [9.17, 15) is 4.79 Å². The fraction of sp³-hybridized carbons (Fsp3) is 0.278. The van der Waals surface area contributed by atoms with E-state index in [1.807, 2.05) is 47.4 Å². The van der Waals surface area contributed by atoms with Gasteiger partial charge in [-0.25, -0.2) is 0 Å². The number of carbonyl (C=O) groups is 1. The van der Waals surface area contributed by atoms with Gasteiger partial charge in [-0.05, 0) is 24.3 Å². The summed E-state index contributed by atoms with van der Waals surface area (Å²) >= 11 is 0. The Morgan fingerprint density at radius 2 is 1.55 bits per heavy atom. The van der Waals surface area contributed by atoms with Crippen molar-refractivity contribution in [2.45, 2.75) is 0 Å². The lowest BCUT2D eigenvalue weighted by Crippen LogP contribution is -2.48. The molecule has 1 aliphatic heterocycles. The average molecular weight is 296 g/mol. The molecule has 0 unspecified atom stereocenters. The first-order valence-corrected chi connectivity index (χ1v) is 7.52. The monoisotopic (exact) mass is 296 g/mol. The van der Waals surface area contributed by atoms with Gasteiger partial charge in [0.2, 0.25) is 0 Å². The van der Waals surface area contributed by atoms with Crippen molar-refractivity contribution in [1.82, 2.24) is 4.90 Å². The van der Waals surface area contributed by atoms with Gasteiger partial charge in [0.25, 0.3) is 5.91 Å². The van der Waals surface area contributed by atoms with Gasteiger partial charge in [-0.15, -0.1) is 0 Å². The van der Waals surface area contributed by atoms with Gasteiger partial charge in [0.15, 0.2) is 0 Å². The Bertz CT molecular complexity index is 635. The lowest BCUT2D eigenvalue weighted by molar-refractivity contribution is 0.0743. The molecule has 1 amide bonds. The van der Waals surface area contributed by atoms with Crippen LogP contribution in [-0.4, -0.2) is 44.1 Å². The van der Waals surface area contributed by atoms with Crippen LogP contribution in [-0.2, 0) is 0 Å². The molecule has 1 saturated heterocycles. The van der Waals surface area contributed by atoms with E-state index in [1.54, 1.807) is 7.11 Å². The molecule has 0 aromatic heterocycles. The standard InChI is InChI=1S/C18H20N2O2/c1-22-17-10-6-5-9-16(17)18(21)20-13-11-19(12-14-20)15-7-3-2-4-8-15/h2-10H,11-14H2,1H3. The van der Waals surface area contributed by atoms with E-state index in [-0.39, 0.29) is 5.91 Å². The van der Waals surface area contributed by atoms with Crippen LogP contribution in [0.5, 0.6) is 5.75 Å². The highest BCUT2D eigenvalue weighted by molar-refractivity contribution is 5.97. The summed E-state index contributed by atoms with van der Waals surface area (Å²) in [7, 11) is 1.60. The maximum Gasteiger partial charge on any atom is 0.257 e. The predicted octanol–water partition coefficient (Wildman–Crippen LogP) is 2.66. The number of ether oxygens (including phenoxy) is 1. The summed E-state index contributed by atoms with van der Waals surface area (Å²) in [6.07, 6.45) is 0. The quantitative estimate of drug-likeness (QED) is 0.873. The summed E-state index contributed by atoms with van der Waals surface area (Å²) in [6, 6.07) is 17.7. The highest BCUT2D eigenvalue weighted by Crippen LogP contribution is 2.21. The average Bonchev–Trinajstić information content (AvgIpc) is 2.62. The van der Waals surface area contributed by atoms with Crippen LogP contribution in [0, 0.1) is 0 Å². The number of hydrogen-bond acceptors (Lipinski definition) is 3. The molecule has 3 rings (SSSR count). The second-order valence-electron chi connectivity index (χ2n) is 5.32. The van der Waals surface area contributed by atoms with Gasteiger partial charge < -0.3 is 14.5 Å². The summed E-state index contributed by atoms with van der Waals surface area (Å²) in [5.41, 5.74) is 1.85. The molecule has 0 atom stereocenters. The number of benzene rings is 2. The Hall–Kier alpha value is -2.49. The number of amides is 1. The summed E-state index contributed by atoms with van der Waals surface area (Å²) in [5.74, 6) is 0.683. The molecule has 114 valence electrons. The highest BCUT2D eigenvalue weighted by atomic mass is 16.5. The third kappa shape index (κ3) is 2.91. The third-order valence-corrected chi connectivity index (χ3v) is 4.03. The first kappa shape index (κ1) is 14.4. The fourth-order valence-electron chi connectivity index (χ4n) is 2.80. The zero-order chi connectivity index (χ0) is 15.4. The molecule has 22 heavy (non-hydrogen) atoms. The van der Waals surface area contributed by atoms with Gasteiger partial charge in [-0.1, -0.05) is 30.3 Å². The number of anilines is 1. The minimum Gasteiger partial charge on any atom is -0.496 e. The van der Waals surface area contributed by atoms with Crippen molar-refractivity contribution in [1.29, 1.82) is 0 Å². The summed E-state index contributed by atoms with van der Waals surface area (Å²) < 4.78 is 5.29. The number of methoxy groups -OCH3 is 1. The van der Waals surface area contributed by atoms with Crippen molar-refractivity contribution in [3.8, 4) is 5.75 Å². The second kappa shape index (κ2) is 6.52. The van der Waals surface area contributed by atoms with Crippen molar-refractivity contribution in [3.05, 3.63) is 60.2 Å². The lowest BCUT2D eigenvalue weighted by Gasteiger charge is -2.36. The summed E-state index contributed by atoms with van der Waals surface area (Å²) in [4.78, 5) is 16.9. The second-order valence-corrected chi connectivity index (χ2v) is 5.32. The molecule has 2 aromatic carbocycles. The molecule has 4 heteroatoms. The zero-order valence-electron chi connectivity index (χ0n) is 12.7. The number of piperazine rings is 1. The molecule has 0 aliphatic carbocycles. The molecule has 0 saturated carbocycles. The van der Waals surface area contributed by atoms with Crippen LogP contribution in [0.25, 0.3) is 0 Å². The third-order valence-electron chi connectivity index (χ3n) is 4.03. The largest absolute Gasteiger partial charge is 0.496 e. The van der Waals surface area contributed by atoms with Crippen molar-refractivity contribution >= 4 is 11.6 Å². The van der Waals surface area contributed by atoms with E-state index in [0.717, 1.165) is 26.2 Å². The topological polar surface area (TPSA) is 32.8 Å². The molecular weight excluding hydrogens is 276 g/mol. The van der Waals surface area contributed by atoms with Crippen LogP contribution in [0.3, 0.4) is 0 Å². The van der Waals surface area contributed by atoms with Gasteiger partial charge in [-0.2, -0.15) is 0 Å². The fourth-order valence-corrected chi connectivity index (χ4v) is 2.80. The van der Waals surface area contributed by atoms with Crippen LogP contribution in [0.1, 0.15) is 10.4 Å². The van der Waals surface area contributed by atoms with E-state index >= 15 is 0 Å². The van der Waals surface area contributed by atoms with Crippen LogP contribution >= 0.6 is 0 Å². The number of para-hydroxylation sites is 2. The van der Waals surface area contributed by atoms with Gasteiger partial charge in [0.1, 0.15) is 5.75 Å². The Balaban J connectivity index is 1.67. The number of carbonyl (C=O) groups excluding carboxylic acids is 1. The van der Waals surface area contributed by atoms with Crippen molar-refractivity contribution in [2.75, 3.05) is 38.2 Å². The first-order valence-electron chi connectivity index (χ1n) is 7.52. The van der Waals surface area contributed by atoms with Gasteiger partial charge in [0, 0.05) is 31.9 Å². The molecule has 0 radical (unpaired) electrons. The zero-order valence-corrected chi connectivity index (χ0v) is 12.7. The van der Waals surface area contributed by atoms with Gasteiger partial charge >= 0.3 is 0 Å². The molecule has 0 N–H and O–H groups in total. The molecule has 2 aromatic rings. The van der Waals surface area contributed by atoms with E-state index in [1.165, 1.54) is 5.69 Å². The van der Waals surface area contributed by atoms with Crippen molar-refractivity contribution in [3.63, 3.8) is 0 Å². The van der Waals surface area contributed by atoms with Crippen molar-refractivity contribution < 1.29 is 9.53 Å². The van der Waals surface area contributed by atoms with E-state index < -0.39 is 0 Å². The molecule has 0 spiro atoms. The first-order chi connectivity index (χ1) is 10.8. The maximum atomic E-state index is 12.7. The Kier molecular flexibility index (Phi) is 4.28. The van der Waals surface area contributed by atoms with Crippen LogP contribution in [0.4, 0.5) is 5.69 Å². The van der Waals surface area contributed by atoms with E-state index in [2.05, 4.69) is 17.0 Å². The molecular formula is C18H20N2O2. The minimum absolute atomic E-state index is 0.0464. The molecule has 1 aliphatic rings. The molecule has 1 heterocycles. The Morgan fingerprint density at radius 1 is 0.909 bits per heavy atom. The number of rotatable bonds is 3. The Labute approximate surface area is 130 Å². The van der Waals surface area contributed by atoms with E-state index in [0.29, 0.717) is 11.3 Å². The maximum absolute atomic E-state index is 12.7. The van der Waals surface area contributed by atoms with E-state index in [4.69, 9.17) is 4.74 Å². The summed E-state index contributed by atoms with van der Waals surface area (Å²) in [5, 5.41) is 0. The SMILES string of the molecule is COc1ccccc1C(=O)N1CCN(c2ccccc2)CC1. The molecule has 0 bridgehead atoms. The van der Waals surface area contributed by atoms with Gasteiger partial charge in [0.05, 0.1) is 12.7 Å².